The Balaban J connectivity index is 1.40. The van der Waals surface area contributed by atoms with E-state index < -0.39 is 0 Å². The Morgan fingerprint density at radius 3 is 3.00 bits per heavy atom. The van der Waals surface area contributed by atoms with Crippen molar-refractivity contribution in [3.05, 3.63) is 44.8 Å². The predicted octanol–water partition coefficient (Wildman–Crippen LogP) is 2.86. The van der Waals surface area contributed by atoms with Gasteiger partial charge in [0.2, 0.25) is 0 Å². The van der Waals surface area contributed by atoms with E-state index in [1.165, 1.54) is 10.4 Å². The number of hydrogen-bond acceptors (Lipinski definition) is 6. The van der Waals surface area contributed by atoms with Crippen LogP contribution in [0.4, 0.5) is 5.69 Å². The number of nitrogens with zero attached hydrogens (tertiary/aromatic N) is 1. The molecule has 1 aliphatic heterocycles. The van der Waals surface area contributed by atoms with Crippen LogP contribution < -0.4 is 20.3 Å². The Kier molecular flexibility index (Phi) is 3.41. The highest BCUT2D eigenvalue weighted by Crippen LogP contribution is 2.35. The second-order valence-electron chi connectivity index (χ2n) is 6.26. The maximum atomic E-state index is 12.5. The molecule has 3 heterocycles. The van der Waals surface area contributed by atoms with Crippen LogP contribution in [-0.4, -0.2) is 23.2 Å². The molecule has 2 aromatic heterocycles. The van der Waals surface area contributed by atoms with Crippen LogP contribution >= 0.6 is 11.3 Å². The number of aromatic nitrogens is 2. The van der Waals surface area contributed by atoms with Gasteiger partial charge in [0.05, 0.1) is 11.9 Å². The van der Waals surface area contributed by atoms with E-state index in [4.69, 9.17) is 9.47 Å². The van der Waals surface area contributed by atoms with Gasteiger partial charge >= 0.3 is 0 Å². The number of H-pyrrole nitrogens is 1. The topological polar surface area (TPSA) is 76.2 Å². The zero-order valence-electron chi connectivity index (χ0n) is 13.6. The van der Waals surface area contributed by atoms with Crippen LogP contribution in [0.3, 0.4) is 0 Å². The summed E-state index contributed by atoms with van der Waals surface area (Å²) in [4.78, 5) is 22.2. The van der Waals surface area contributed by atoms with Gasteiger partial charge in [0.1, 0.15) is 23.9 Å². The van der Waals surface area contributed by atoms with Crippen molar-refractivity contribution in [2.24, 2.45) is 0 Å². The summed E-state index contributed by atoms with van der Waals surface area (Å²) in [7, 11) is 0. The number of nitrogens with one attached hydrogen (secondary N) is 2. The summed E-state index contributed by atoms with van der Waals surface area (Å²) in [6.07, 6.45) is 3.21. The molecule has 0 saturated carbocycles. The smallest absolute Gasteiger partial charge is 0.259 e. The molecule has 3 aromatic rings. The van der Waals surface area contributed by atoms with Crippen molar-refractivity contribution in [2.75, 3.05) is 18.5 Å². The monoisotopic (exact) mass is 355 g/mol. The molecule has 128 valence electrons. The molecule has 5 rings (SSSR count). The zero-order chi connectivity index (χ0) is 16.8. The van der Waals surface area contributed by atoms with Crippen LogP contribution in [0.15, 0.2) is 23.0 Å². The number of aryl methyl sites for hydroxylation is 2. The Hall–Kier alpha value is -2.54. The first kappa shape index (κ1) is 14.8. The number of aromatic amines is 1. The van der Waals surface area contributed by atoms with Gasteiger partial charge in [-0.25, -0.2) is 4.98 Å². The standard InChI is InChI=1S/C18H17N3O3S/c22-17-16-11-2-1-3-14(11)25-18(16)21-15(20-17)9-19-10-4-5-12-13(8-10)24-7-6-23-12/h4-5,8,19H,1-3,6-7,9H2,(H,20,21,22). The number of benzene rings is 1. The first-order valence-corrected chi connectivity index (χ1v) is 9.26. The second-order valence-corrected chi connectivity index (χ2v) is 7.35. The third kappa shape index (κ3) is 2.55. The first-order valence-electron chi connectivity index (χ1n) is 8.45. The fourth-order valence-electron chi connectivity index (χ4n) is 3.47. The van der Waals surface area contributed by atoms with Gasteiger partial charge in [0.15, 0.2) is 11.5 Å². The molecule has 0 radical (unpaired) electrons. The van der Waals surface area contributed by atoms with Crippen molar-refractivity contribution in [1.29, 1.82) is 0 Å². The number of hydrogen-bond donors (Lipinski definition) is 2. The Bertz CT molecular complexity index is 1020. The van der Waals surface area contributed by atoms with Gasteiger partial charge in [0.25, 0.3) is 5.56 Å². The third-order valence-electron chi connectivity index (χ3n) is 4.63. The minimum atomic E-state index is -0.0247. The van der Waals surface area contributed by atoms with E-state index in [-0.39, 0.29) is 5.56 Å². The fraction of sp³-hybridized carbons (Fsp3) is 0.333. The summed E-state index contributed by atoms with van der Waals surface area (Å²) in [5.74, 6) is 2.15. The average Bonchev–Trinajstić information content (AvgIpc) is 3.20. The second kappa shape index (κ2) is 5.77. The summed E-state index contributed by atoms with van der Waals surface area (Å²) in [5, 5.41) is 4.08. The summed E-state index contributed by atoms with van der Waals surface area (Å²) < 4.78 is 11.1. The SMILES string of the molecule is O=c1[nH]c(CNc2ccc3c(c2)OCCO3)nc2sc3c(c12)CCC3. The van der Waals surface area contributed by atoms with Crippen molar-refractivity contribution < 1.29 is 9.47 Å². The lowest BCUT2D eigenvalue weighted by Gasteiger charge is -2.19. The van der Waals surface area contributed by atoms with E-state index in [9.17, 15) is 4.79 Å². The minimum Gasteiger partial charge on any atom is -0.486 e. The van der Waals surface area contributed by atoms with Gasteiger partial charge in [0, 0.05) is 16.6 Å². The van der Waals surface area contributed by atoms with Crippen molar-refractivity contribution in [1.82, 2.24) is 9.97 Å². The summed E-state index contributed by atoms with van der Waals surface area (Å²) in [6, 6.07) is 5.73. The van der Waals surface area contributed by atoms with Crippen molar-refractivity contribution >= 4 is 27.2 Å². The van der Waals surface area contributed by atoms with Gasteiger partial charge in [-0.2, -0.15) is 0 Å². The molecule has 0 fully saturated rings. The zero-order valence-corrected chi connectivity index (χ0v) is 14.4. The van der Waals surface area contributed by atoms with Gasteiger partial charge < -0.3 is 19.8 Å². The Labute approximate surface area is 147 Å². The van der Waals surface area contributed by atoms with E-state index in [1.54, 1.807) is 11.3 Å². The quantitative estimate of drug-likeness (QED) is 0.755. The van der Waals surface area contributed by atoms with Crippen molar-refractivity contribution in [3.63, 3.8) is 0 Å². The van der Waals surface area contributed by atoms with E-state index in [0.29, 0.717) is 25.6 Å². The minimum absolute atomic E-state index is 0.0247. The Morgan fingerprint density at radius 1 is 1.20 bits per heavy atom. The molecule has 0 spiro atoms. The normalized spacial score (nSPS) is 15.4. The Morgan fingerprint density at radius 2 is 2.08 bits per heavy atom. The maximum Gasteiger partial charge on any atom is 0.259 e. The van der Waals surface area contributed by atoms with Crippen LogP contribution in [0, 0.1) is 0 Å². The number of thiophene rings is 1. The van der Waals surface area contributed by atoms with Crippen molar-refractivity contribution in [3.8, 4) is 11.5 Å². The highest BCUT2D eigenvalue weighted by atomic mass is 32.1. The molecule has 0 bridgehead atoms. The molecule has 6 nitrogen and oxygen atoms in total. The lowest BCUT2D eigenvalue weighted by Crippen LogP contribution is -2.16. The molecule has 2 N–H and O–H groups in total. The van der Waals surface area contributed by atoms with E-state index in [0.717, 1.165) is 46.7 Å². The lowest BCUT2D eigenvalue weighted by molar-refractivity contribution is 0.171. The van der Waals surface area contributed by atoms with E-state index in [1.807, 2.05) is 18.2 Å². The number of rotatable bonds is 3. The predicted molar refractivity (Wildman–Crippen MR) is 97.0 cm³/mol. The number of ether oxygens (including phenoxy) is 2. The highest BCUT2D eigenvalue weighted by Gasteiger charge is 2.21. The number of fused-ring (bicyclic) bond motifs is 4. The van der Waals surface area contributed by atoms with Crippen LogP contribution in [0.25, 0.3) is 10.2 Å². The van der Waals surface area contributed by atoms with Crippen molar-refractivity contribution in [2.45, 2.75) is 25.8 Å². The molecule has 1 aromatic carbocycles. The molecule has 0 amide bonds. The molecule has 25 heavy (non-hydrogen) atoms. The summed E-state index contributed by atoms with van der Waals surface area (Å²) in [6.45, 7) is 1.59. The first-order chi connectivity index (χ1) is 12.3. The summed E-state index contributed by atoms with van der Waals surface area (Å²) >= 11 is 1.66. The molecule has 2 aliphatic rings. The third-order valence-corrected chi connectivity index (χ3v) is 5.81. The largest absolute Gasteiger partial charge is 0.486 e. The fourth-order valence-corrected chi connectivity index (χ4v) is 4.75. The summed E-state index contributed by atoms with van der Waals surface area (Å²) in [5.41, 5.74) is 2.09. The molecule has 1 aliphatic carbocycles. The lowest BCUT2D eigenvalue weighted by atomic mass is 10.2. The highest BCUT2D eigenvalue weighted by molar-refractivity contribution is 7.18. The van der Waals surface area contributed by atoms with E-state index in [2.05, 4.69) is 15.3 Å². The van der Waals surface area contributed by atoms with Gasteiger partial charge in [-0.15, -0.1) is 11.3 Å². The van der Waals surface area contributed by atoms with Crippen LogP contribution in [0.2, 0.25) is 0 Å². The van der Waals surface area contributed by atoms with E-state index >= 15 is 0 Å². The van der Waals surface area contributed by atoms with Crippen LogP contribution in [0.5, 0.6) is 11.5 Å². The molecule has 0 saturated heterocycles. The average molecular weight is 355 g/mol. The maximum absolute atomic E-state index is 12.5. The number of anilines is 1. The van der Waals surface area contributed by atoms with Crippen LogP contribution in [0.1, 0.15) is 22.7 Å². The van der Waals surface area contributed by atoms with Gasteiger partial charge in [-0.05, 0) is 37.0 Å². The molecular formula is C18H17N3O3S. The molecule has 0 atom stereocenters. The van der Waals surface area contributed by atoms with Gasteiger partial charge in [-0.1, -0.05) is 0 Å². The van der Waals surface area contributed by atoms with Crippen LogP contribution in [-0.2, 0) is 19.4 Å². The van der Waals surface area contributed by atoms with Gasteiger partial charge in [-0.3, -0.25) is 4.79 Å². The molecule has 0 unspecified atom stereocenters. The molecular weight excluding hydrogens is 338 g/mol. The molecule has 7 heteroatoms.